The fourth-order valence-corrected chi connectivity index (χ4v) is 8.08. The number of methoxy groups -OCH3 is 1. The largest absolute Gasteiger partial charge is 0.461 e. The number of aliphatic hydroxyl groups excluding tert-OH is 1. The molecule has 2 saturated heterocycles. The number of rotatable bonds is 20. The van der Waals surface area contributed by atoms with Crippen molar-refractivity contribution in [2.75, 3.05) is 26.9 Å². The van der Waals surface area contributed by atoms with Crippen molar-refractivity contribution in [3.05, 3.63) is 130 Å². The van der Waals surface area contributed by atoms with Gasteiger partial charge in [0.15, 0.2) is 12.4 Å². The number of aryl methyl sites for hydroxylation is 1. The molecule has 4 aromatic rings. The molecule has 13 nitrogen and oxygen atoms in total. The van der Waals surface area contributed by atoms with Gasteiger partial charge in [-0.1, -0.05) is 105 Å². The molecule has 2 fully saturated rings. The summed E-state index contributed by atoms with van der Waals surface area (Å²) in [5.41, 5.74) is 2.72. The molecule has 1 aromatic heterocycles. The summed E-state index contributed by atoms with van der Waals surface area (Å²) >= 11 is 3.63. The van der Waals surface area contributed by atoms with Gasteiger partial charge in [0.2, 0.25) is 5.91 Å². The first kappa shape index (κ1) is 45.1. The Labute approximate surface area is 359 Å². The van der Waals surface area contributed by atoms with Gasteiger partial charge in [-0.05, 0) is 57.4 Å². The van der Waals surface area contributed by atoms with Gasteiger partial charge in [0, 0.05) is 27.1 Å². The minimum atomic E-state index is -1.16. The number of hydrogen-bond acceptors (Lipinski definition) is 12. The van der Waals surface area contributed by atoms with Crippen molar-refractivity contribution >= 4 is 33.9 Å². The van der Waals surface area contributed by atoms with Gasteiger partial charge < -0.3 is 42.7 Å². The van der Waals surface area contributed by atoms with Crippen LogP contribution in [-0.4, -0.2) is 91.7 Å². The molecule has 3 aromatic carbocycles. The molecule has 0 radical (unpaired) electrons. The number of carbonyl (C=O) groups is 3. The Bertz CT molecular complexity index is 1960. The van der Waals surface area contributed by atoms with E-state index in [1.165, 1.54) is 14.0 Å². The topological polar surface area (TPSA) is 152 Å². The predicted octanol–water partition coefficient (Wildman–Crippen LogP) is 7.36. The molecule has 6 rings (SSSR count). The number of nitrogens with zero attached hydrogens (tertiary/aromatic N) is 1. The molecule has 0 aliphatic carbocycles. The van der Waals surface area contributed by atoms with Crippen molar-refractivity contribution in [3.63, 3.8) is 0 Å². The number of furan rings is 1. The van der Waals surface area contributed by atoms with E-state index in [4.69, 9.17) is 37.6 Å². The van der Waals surface area contributed by atoms with Gasteiger partial charge in [-0.15, -0.1) is 0 Å². The van der Waals surface area contributed by atoms with Gasteiger partial charge in [-0.2, -0.15) is 0 Å². The SMILES string of the molecule is CO[C@H]1O[C@H](CO)[C@@H](OCc2ccccc2)[C@H](OCc2ccccc2)[C@@H]1OCCCc1oc([C@@H](OC(C)=O)[C@H](Cc2ccccc2)C(=O)N2C(=O)OC[C@@H]2C(C)C)cc1Br. The summed E-state index contributed by atoms with van der Waals surface area (Å²) in [4.78, 5) is 41.2. The van der Waals surface area contributed by atoms with E-state index in [0.29, 0.717) is 23.1 Å². The third-order valence-corrected chi connectivity index (χ3v) is 11.3. The highest BCUT2D eigenvalue weighted by molar-refractivity contribution is 9.10. The fourth-order valence-electron chi connectivity index (χ4n) is 7.57. The molecule has 0 bridgehead atoms. The van der Waals surface area contributed by atoms with Crippen LogP contribution >= 0.6 is 15.9 Å². The minimum absolute atomic E-state index is 0.0645. The highest BCUT2D eigenvalue weighted by Gasteiger charge is 2.49. The Morgan fingerprint density at radius 2 is 1.47 bits per heavy atom. The molecular formula is C46H54BrNO12. The maximum Gasteiger partial charge on any atom is 0.416 e. The van der Waals surface area contributed by atoms with E-state index in [-0.39, 0.29) is 51.1 Å². The van der Waals surface area contributed by atoms with E-state index in [1.54, 1.807) is 6.07 Å². The molecule has 14 heteroatoms. The Morgan fingerprint density at radius 1 is 0.867 bits per heavy atom. The normalized spacial score (nSPS) is 22.7. The lowest BCUT2D eigenvalue weighted by Gasteiger charge is -2.45. The van der Waals surface area contributed by atoms with Gasteiger partial charge in [-0.3, -0.25) is 9.59 Å². The monoisotopic (exact) mass is 891 g/mol. The summed E-state index contributed by atoms with van der Waals surface area (Å²) in [6, 6.07) is 30.0. The average Bonchev–Trinajstić information content (AvgIpc) is 3.84. The predicted molar refractivity (Wildman–Crippen MR) is 222 cm³/mol. The second-order valence-electron chi connectivity index (χ2n) is 15.3. The standard InChI is InChI=1S/C46H54BrNO12/c1-29(2)36-28-57-46(52)48(36)44(51)34(23-31-15-8-5-9-16-31)40(58-30(3)50)38-24-35(47)37(59-38)21-14-22-54-43-42(56-27-33-19-12-7-13-20-33)41(39(25-49)60-45(43)53-4)55-26-32-17-10-6-11-18-32/h5-13,15-20,24,29,34,36,39-43,45,49H,14,21-23,25-28H2,1-4H3/t34-,36+,39+,40-,41+,42-,43-,45-/m0/s1. The quantitative estimate of drug-likeness (QED) is 0.0697. The number of ether oxygens (including phenoxy) is 7. The van der Waals surface area contributed by atoms with Crippen LogP contribution in [0.25, 0.3) is 0 Å². The number of aliphatic hydroxyl groups is 1. The summed E-state index contributed by atoms with van der Waals surface area (Å²) in [5, 5.41) is 10.4. The number of carbonyl (C=O) groups excluding carboxylic acids is 3. The first-order valence-electron chi connectivity index (χ1n) is 20.3. The summed E-state index contributed by atoms with van der Waals surface area (Å²) in [5.74, 6) is -1.42. The summed E-state index contributed by atoms with van der Waals surface area (Å²) < 4.78 is 49.6. The van der Waals surface area contributed by atoms with Crippen molar-refractivity contribution in [1.82, 2.24) is 4.90 Å². The van der Waals surface area contributed by atoms with E-state index in [2.05, 4.69) is 15.9 Å². The van der Waals surface area contributed by atoms with Crippen LogP contribution in [0.4, 0.5) is 4.79 Å². The van der Waals surface area contributed by atoms with E-state index in [0.717, 1.165) is 21.6 Å². The molecule has 0 saturated carbocycles. The first-order chi connectivity index (χ1) is 29.1. The van der Waals surface area contributed by atoms with Crippen LogP contribution in [0.3, 0.4) is 0 Å². The Balaban J connectivity index is 1.20. The zero-order valence-corrected chi connectivity index (χ0v) is 35.9. The second kappa shape index (κ2) is 21.9. The lowest BCUT2D eigenvalue weighted by atomic mass is 9.90. The zero-order chi connectivity index (χ0) is 42.6. The van der Waals surface area contributed by atoms with Gasteiger partial charge in [0.05, 0.1) is 36.3 Å². The Hall–Kier alpha value is -4.41. The number of imide groups is 1. The smallest absolute Gasteiger partial charge is 0.416 e. The van der Waals surface area contributed by atoms with E-state index >= 15 is 0 Å². The third kappa shape index (κ3) is 11.5. The average molecular weight is 893 g/mol. The van der Waals surface area contributed by atoms with Crippen molar-refractivity contribution < 1.29 is 57.1 Å². The van der Waals surface area contributed by atoms with Crippen LogP contribution in [0.15, 0.2) is 106 Å². The molecule has 0 spiro atoms. The fraction of sp³-hybridized carbons (Fsp3) is 0.457. The molecule has 2 amide bonds. The third-order valence-electron chi connectivity index (χ3n) is 10.7. The number of cyclic esters (lactones) is 1. The number of esters is 1. The number of hydrogen-bond donors (Lipinski definition) is 1. The van der Waals surface area contributed by atoms with E-state index in [9.17, 15) is 19.5 Å². The Morgan fingerprint density at radius 3 is 2.03 bits per heavy atom. The number of benzene rings is 3. The molecule has 60 heavy (non-hydrogen) atoms. The minimum Gasteiger partial charge on any atom is -0.461 e. The molecular weight excluding hydrogens is 838 g/mol. The van der Waals surface area contributed by atoms with Crippen molar-refractivity contribution in [2.24, 2.45) is 11.8 Å². The van der Waals surface area contributed by atoms with Crippen LogP contribution in [-0.2, 0) is 68.8 Å². The van der Waals surface area contributed by atoms with Gasteiger partial charge >= 0.3 is 12.1 Å². The maximum absolute atomic E-state index is 14.4. The van der Waals surface area contributed by atoms with Crippen molar-refractivity contribution in [3.8, 4) is 0 Å². The van der Waals surface area contributed by atoms with Crippen LogP contribution in [0.1, 0.15) is 61.5 Å². The lowest BCUT2D eigenvalue weighted by molar-refractivity contribution is -0.319. The summed E-state index contributed by atoms with van der Waals surface area (Å²) in [7, 11) is 1.52. The lowest BCUT2D eigenvalue weighted by Crippen LogP contribution is -2.61. The van der Waals surface area contributed by atoms with E-state index in [1.807, 2.05) is 105 Å². The molecule has 1 N–H and O–H groups in total. The van der Waals surface area contributed by atoms with Crippen LogP contribution in [0.2, 0.25) is 0 Å². The molecule has 0 unspecified atom stereocenters. The first-order valence-corrected chi connectivity index (χ1v) is 21.1. The summed E-state index contributed by atoms with van der Waals surface area (Å²) in [6.07, 6.45) is -4.57. The number of amides is 2. The van der Waals surface area contributed by atoms with Crippen LogP contribution in [0.5, 0.6) is 0 Å². The highest BCUT2D eigenvalue weighted by atomic mass is 79.9. The highest BCUT2D eigenvalue weighted by Crippen LogP contribution is 2.38. The van der Waals surface area contributed by atoms with Gasteiger partial charge in [-0.25, -0.2) is 9.69 Å². The zero-order valence-electron chi connectivity index (χ0n) is 34.4. The molecule has 322 valence electrons. The Kier molecular flexibility index (Phi) is 16.5. The van der Waals surface area contributed by atoms with Crippen molar-refractivity contribution in [1.29, 1.82) is 0 Å². The van der Waals surface area contributed by atoms with Crippen LogP contribution < -0.4 is 0 Å². The molecule has 3 heterocycles. The molecule has 2 aliphatic heterocycles. The maximum atomic E-state index is 14.4. The number of halogens is 1. The van der Waals surface area contributed by atoms with Gasteiger partial charge in [0.1, 0.15) is 42.5 Å². The summed E-state index contributed by atoms with van der Waals surface area (Å²) in [6.45, 7) is 5.63. The molecule has 2 aliphatic rings. The second-order valence-corrected chi connectivity index (χ2v) is 16.1. The van der Waals surface area contributed by atoms with Gasteiger partial charge in [0.25, 0.3) is 0 Å². The molecule has 8 atom stereocenters. The van der Waals surface area contributed by atoms with Crippen LogP contribution in [0, 0.1) is 11.8 Å². The van der Waals surface area contributed by atoms with Crippen molar-refractivity contribution in [2.45, 2.75) is 96.1 Å². The van der Waals surface area contributed by atoms with E-state index < -0.39 is 66.7 Å².